The Morgan fingerprint density at radius 2 is 1.78 bits per heavy atom. The van der Waals surface area contributed by atoms with Gasteiger partial charge in [-0.05, 0) is 38.1 Å². The molecule has 1 unspecified atom stereocenters. The molecule has 11 heteroatoms. The molecule has 0 bridgehead atoms. The van der Waals surface area contributed by atoms with Crippen molar-refractivity contribution in [1.29, 1.82) is 5.26 Å². The number of aliphatic hydroxyl groups excluding tert-OH is 1. The fourth-order valence-electron chi connectivity index (χ4n) is 4.06. The second-order valence-corrected chi connectivity index (χ2v) is 8.54. The highest BCUT2D eigenvalue weighted by Crippen LogP contribution is 2.32. The van der Waals surface area contributed by atoms with E-state index >= 15 is 0 Å². The maximum atomic E-state index is 13.8. The topological polar surface area (TPSA) is 128 Å². The molecule has 192 valence electrons. The molecular weight excluding hydrogens is 486 g/mol. The van der Waals surface area contributed by atoms with Gasteiger partial charge in [-0.3, -0.25) is 9.59 Å². The lowest BCUT2D eigenvalue weighted by molar-refractivity contribution is -0.112. The van der Waals surface area contributed by atoms with Crippen LogP contribution in [0.4, 0.5) is 26.0 Å². The summed E-state index contributed by atoms with van der Waals surface area (Å²) in [7, 11) is 0. The number of hydrogen-bond acceptors (Lipinski definition) is 8. The number of ether oxygens (including phenoxy) is 1. The number of carbonyl (C=O) groups is 1. The van der Waals surface area contributed by atoms with Crippen LogP contribution >= 0.6 is 0 Å². The molecular formula is C26H24F2N4O5. The molecule has 3 N–H and O–H groups in total. The summed E-state index contributed by atoms with van der Waals surface area (Å²) in [5.74, 6) is -2.52. The largest absolute Gasteiger partial charge is 0.511 e. The van der Waals surface area contributed by atoms with Gasteiger partial charge >= 0.3 is 0 Å². The summed E-state index contributed by atoms with van der Waals surface area (Å²) in [6.45, 7) is 4.90. The smallest absolute Gasteiger partial charge is 0.269 e. The summed E-state index contributed by atoms with van der Waals surface area (Å²) in [6, 6.07) is 8.26. The number of rotatable bonds is 6. The minimum absolute atomic E-state index is 0.145. The average molecular weight is 510 g/mol. The highest BCUT2D eigenvalue weighted by molar-refractivity contribution is 6.07. The van der Waals surface area contributed by atoms with Gasteiger partial charge in [0.2, 0.25) is 0 Å². The normalized spacial score (nSPS) is 15.1. The standard InChI is InChI=1S/C26H24F2N4O5/c1-14(30-18-8-16(27)7-17(28)9-18)20-10-19(31-26(35)22(13-29)15(2)33)11-21-23(34)12-24(37-25(20)21)32-3-5-36-6-4-32/h7-12,14,30,33H,3-6H2,1-2H3,(H,31,35)/b22-15-. The van der Waals surface area contributed by atoms with Gasteiger partial charge in [0.05, 0.1) is 24.6 Å². The molecule has 1 atom stereocenters. The van der Waals surface area contributed by atoms with Gasteiger partial charge in [-0.1, -0.05) is 0 Å². The first kappa shape index (κ1) is 25.7. The van der Waals surface area contributed by atoms with Crippen LogP contribution < -0.4 is 21.0 Å². The number of aliphatic hydroxyl groups is 1. The van der Waals surface area contributed by atoms with Crippen molar-refractivity contribution in [2.45, 2.75) is 19.9 Å². The van der Waals surface area contributed by atoms with Crippen LogP contribution in [0.3, 0.4) is 0 Å². The molecule has 37 heavy (non-hydrogen) atoms. The Balaban J connectivity index is 1.82. The van der Waals surface area contributed by atoms with E-state index in [-0.39, 0.29) is 27.8 Å². The fourth-order valence-corrected chi connectivity index (χ4v) is 4.06. The summed E-state index contributed by atoms with van der Waals surface area (Å²) in [4.78, 5) is 27.6. The number of nitriles is 1. The van der Waals surface area contributed by atoms with Gasteiger partial charge in [0, 0.05) is 42.2 Å². The zero-order valence-electron chi connectivity index (χ0n) is 20.1. The van der Waals surface area contributed by atoms with E-state index in [4.69, 9.17) is 9.15 Å². The van der Waals surface area contributed by atoms with E-state index < -0.39 is 34.9 Å². The van der Waals surface area contributed by atoms with Crippen LogP contribution in [0.15, 0.2) is 56.9 Å². The van der Waals surface area contributed by atoms with Crippen LogP contribution in [0.25, 0.3) is 11.0 Å². The van der Waals surface area contributed by atoms with E-state index in [2.05, 4.69) is 10.6 Å². The molecule has 0 spiro atoms. The van der Waals surface area contributed by atoms with Crippen LogP contribution in [0.2, 0.25) is 0 Å². The number of nitrogens with zero attached hydrogens (tertiary/aromatic N) is 2. The number of anilines is 3. The molecule has 0 saturated carbocycles. The molecule has 1 amide bonds. The molecule has 3 aromatic rings. The first-order chi connectivity index (χ1) is 17.7. The molecule has 1 aliphatic rings. The zero-order chi connectivity index (χ0) is 26.7. The monoisotopic (exact) mass is 510 g/mol. The van der Waals surface area contributed by atoms with E-state index in [1.807, 2.05) is 4.90 Å². The van der Waals surface area contributed by atoms with E-state index in [9.17, 15) is 28.7 Å². The van der Waals surface area contributed by atoms with E-state index in [0.717, 1.165) is 18.2 Å². The summed E-state index contributed by atoms with van der Waals surface area (Å²) >= 11 is 0. The molecule has 9 nitrogen and oxygen atoms in total. The molecule has 1 aliphatic heterocycles. The van der Waals surface area contributed by atoms with Crippen LogP contribution in [0, 0.1) is 23.0 Å². The third kappa shape index (κ3) is 5.70. The Labute approximate surface area is 210 Å². The number of benzene rings is 2. The van der Waals surface area contributed by atoms with E-state index in [0.29, 0.717) is 37.8 Å². The van der Waals surface area contributed by atoms with Gasteiger partial charge in [-0.2, -0.15) is 5.26 Å². The second kappa shape index (κ2) is 10.7. The van der Waals surface area contributed by atoms with Gasteiger partial charge in [0.1, 0.15) is 29.0 Å². The predicted molar refractivity (Wildman–Crippen MR) is 133 cm³/mol. The van der Waals surface area contributed by atoms with Gasteiger partial charge < -0.3 is 29.8 Å². The third-order valence-electron chi connectivity index (χ3n) is 5.84. The Bertz CT molecular complexity index is 1460. The minimum atomic E-state index is -0.866. The quantitative estimate of drug-likeness (QED) is 0.253. The minimum Gasteiger partial charge on any atom is -0.511 e. The number of hydrogen-bond donors (Lipinski definition) is 3. The first-order valence-corrected chi connectivity index (χ1v) is 11.4. The highest BCUT2D eigenvalue weighted by atomic mass is 19.1. The summed E-state index contributed by atoms with van der Waals surface area (Å²) in [6.07, 6.45) is 0. The van der Waals surface area contributed by atoms with Crippen molar-refractivity contribution in [2.24, 2.45) is 0 Å². The maximum Gasteiger partial charge on any atom is 0.269 e. The van der Waals surface area contributed by atoms with Crippen molar-refractivity contribution in [3.8, 4) is 6.07 Å². The summed E-state index contributed by atoms with van der Waals surface area (Å²) in [5.41, 5.74) is 0.0826. The maximum absolute atomic E-state index is 13.8. The number of morpholine rings is 1. The molecule has 4 rings (SSSR count). The van der Waals surface area contributed by atoms with Crippen molar-refractivity contribution in [1.82, 2.24) is 0 Å². The first-order valence-electron chi connectivity index (χ1n) is 11.4. The number of amides is 1. The van der Waals surface area contributed by atoms with Crippen molar-refractivity contribution in [2.75, 3.05) is 41.8 Å². The molecule has 2 heterocycles. The van der Waals surface area contributed by atoms with Crippen LogP contribution in [-0.2, 0) is 9.53 Å². The van der Waals surface area contributed by atoms with Gasteiger partial charge in [0.25, 0.3) is 5.91 Å². The molecule has 2 aromatic carbocycles. The van der Waals surface area contributed by atoms with Crippen molar-refractivity contribution in [3.05, 3.63) is 75.2 Å². The summed E-state index contributed by atoms with van der Waals surface area (Å²) in [5, 5.41) is 24.5. The van der Waals surface area contributed by atoms with Gasteiger partial charge in [-0.25, -0.2) is 8.78 Å². The second-order valence-electron chi connectivity index (χ2n) is 8.54. The van der Waals surface area contributed by atoms with Gasteiger partial charge in [-0.15, -0.1) is 0 Å². The Morgan fingerprint density at radius 1 is 1.11 bits per heavy atom. The highest BCUT2D eigenvalue weighted by Gasteiger charge is 2.21. The van der Waals surface area contributed by atoms with Crippen LogP contribution in [0.5, 0.6) is 0 Å². The van der Waals surface area contributed by atoms with Crippen LogP contribution in [0.1, 0.15) is 25.5 Å². The Morgan fingerprint density at radius 3 is 2.41 bits per heavy atom. The van der Waals surface area contributed by atoms with Crippen molar-refractivity contribution in [3.63, 3.8) is 0 Å². The molecule has 1 aromatic heterocycles. The molecule has 1 saturated heterocycles. The number of carbonyl (C=O) groups excluding carboxylic acids is 1. The lowest BCUT2D eigenvalue weighted by Gasteiger charge is -2.27. The van der Waals surface area contributed by atoms with Crippen molar-refractivity contribution >= 4 is 34.1 Å². The van der Waals surface area contributed by atoms with E-state index in [1.54, 1.807) is 13.0 Å². The van der Waals surface area contributed by atoms with Gasteiger partial charge in [0.15, 0.2) is 16.9 Å². The Kier molecular flexibility index (Phi) is 7.40. The van der Waals surface area contributed by atoms with Crippen molar-refractivity contribution < 1.29 is 27.8 Å². The molecule has 0 aliphatic carbocycles. The SMILES string of the molecule is C/C(O)=C(\C#N)C(=O)Nc1cc(C(C)Nc2cc(F)cc(F)c2)c2oc(N3CCOCC3)cc(=O)c2c1. The summed E-state index contributed by atoms with van der Waals surface area (Å²) < 4.78 is 39.1. The number of fused-ring (bicyclic) bond motifs is 1. The zero-order valence-corrected chi connectivity index (χ0v) is 20.1. The lowest BCUT2D eigenvalue weighted by Crippen LogP contribution is -2.36. The molecule has 1 fully saturated rings. The molecule has 0 radical (unpaired) electrons. The number of allylic oxidation sites excluding steroid dienone is 1. The third-order valence-corrected chi connectivity index (χ3v) is 5.84. The number of halogens is 2. The van der Waals surface area contributed by atoms with Crippen LogP contribution in [-0.4, -0.2) is 37.3 Å². The average Bonchev–Trinajstić information content (AvgIpc) is 2.84. The van der Waals surface area contributed by atoms with E-state index in [1.165, 1.54) is 25.1 Å². The lowest BCUT2D eigenvalue weighted by atomic mass is 10.0. The predicted octanol–water partition coefficient (Wildman–Crippen LogP) is 4.37. The fraction of sp³-hybridized carbons (Fsp3) is 0.269. The Hall–Kier alpha value is -4.43. The number of nitrogens with one attached hydrogen (secondary N) is 2.